The van der Waals surface area contributed by atoms with Crippen LogP contribution in [0.5, 0.6) is 5.75 Å². The monoisotopic (exact) mass is 382 g/mol. The van der Waals surface area contributed by atoms with Crippen molar-refractivity contribution in [3.05, 3.63) is 45.8 Å². The summed E-state index contributed by atoms with van der Waals surface area (Å²) in [6.07, 6.45) is 6.29. The van der Waals surface area contributed by atoms with Gasteiger partial charge in [0.1, 0.15) is 23.4 Å². The van der Waals surface area contributed by atoms with Gasteiger partial charge in [-0.15, -0.1) is 11.3 Å². The highest BCUT2D eigenvalue weighted by atomic mass is 32.1. The van der Waals surface area contributed by atoms with Gasteiger partial charge in [-0.05, 0) is 56.2 Å². The van der Waals surface area contributed by atoms with Gasteiger partial charge in [0.25, 0.3) is 5.91 Å². The summed E-state index contributed by atoms with van der Waals surface area (Å²) in [6, 6.07) is 9.51. The van der Waals surface area contributed by atoms with Gasteiger partial charge in [0.15, 0.2) is 0 Å². The number of rotatable bonds is 5. The van der Waals surface area contributed by atoms with Crippen molar-refractivity contribution in [2.75, 3.05) is 18.5 Å². The maximum Gasteiger partial charge on any atom is 0.260 e. The maximum absolute atomic E-state index is 12.9. The summed E-state index contributed by atoms with van der Waals surface area (Å²) in [6.45, 7) is 1.22. The fourth-order valence-electron chi connectivity index (χ4n) is 3.68. The molecule has 1 atom stereocenters. The summed E-state index contributed by atoms with van der Waals surface area (Å²) in [5, 5.41) is 13.2. The van der Waals surface area contributed by atoms with E-state index in [0.29, 0.717) is 28.5 Å². The summed E-state index contributed by atoms with van der Waals surface area (Å²) in [4.78, 5) is 14.1. The SMILES string of the molecule is N#Cc1c(NC(=O)c2ccccc2OCC2CCCO2)sc2c1CCCC2. The van der Waals surface area contributed by atoms with Gasteiger partial charge in [-0.3, -0.25) is 4.79 Å². The highest BCUT2D eigenvalue weighted by Gasteiger charge is 2.23. The molecule has 27 heavy (non-hydrogen) atoms. The topological polar surface area (TPSA) is 71.4 Å². The molecule has 4 rings (SSSR count). The summed E-state index contributed by atoms with van der Waals surface area (Å²) in [7, 11) is 0. The number of nitrogens with zero attached hydrogens (tertiary/aromatic N) is 1. The van der Waals surface area contributed by atoms with Crippen LogP contribution in [0.3, 0.4) is 0 Å². The van der Waals surface area contributed by atoms with Gasteiger partial charge in [0.2, 0.25) is 0 Å². The molecule has 1 aliphatic heterocycles. The number of benzene rings is 1. The van der Waals surface area contributed by atoms with Crippen molar-refractivity contribution in [1.82, 2.24) is 0 Å². The highest BCUT2D eigenvalue weighted by Crippen LogP contribution is 2.38. The van der Waals surface area contributed by atoms with E-state index in [2.05, 4.69) is 11.4 Å². The second-order valence-corrected chi connectivity index (χ2v) is 8.03. The quantitative estimate of drug-likeness (QED) is 0.836. The zero-order valence-electron chi connectivity index (χ0n) is 15.1. The van der Waals surface area contributed by atoms with E-state index in [1.807, 2.05) is 12.1 Å². The fraction of sp³-hybridized carbons (Fsp3) is 0.429. The number of ether oxygens (including phenoxy) is 2. The minimum atomic E-state index is -0.243. The number of carbonyl (C=O) groups is 1. The maximum atomic E-state index is 12.9. The van der Waals surface area contributed by atoms with Crippen LogP contribution >= 0.6 is 11.3 Å². The Morgan fingerprint density at radius 1 is 1.30 bits per heavy atom. The Hall–Kier alpha value is -2.36. The lowest BCUT2D eigenvalue weighted by Crippen LogP contribution is -2.19. The molecule has 5 nitrogen and oxygen atoms in total. The van der Waals surface area contributed by atoms with E-state index >= 15 is 0 Å². The van der Waals surface area contributed by atoms with Crippen LogP contribution in [0.2, 0.25) is 0 Å². The summed E-state index contributed by atoms with van der Waals surface area (Å²) in [5.41, 5.74) is 2.22. The summed E-state index contributed by atoms with van der Waals surface area (Å²) >= 11 is 1.53. The lowest BCUT2D eigenvalue weighted by molar-refractivity contribution is 0.0673. The van der Waals surface area contributed by atoms with E-state index in [1.165, 1.54) is 16.2 Å². The lowest BCUT2D eigenvalue weighted by Gasteiger charge is -2.14. The number of fused-ring (bicyclic) bond motifs is 1. The van der Waals surface area contributed by atoms with Crippen LogP contribution in [-0.2, 0) is 17.6 Å². The van der Waals surface area contributed by atoms with Gasteiger partial charge in [0.05, 0.1) is 17.2 Å². The normalized spacial score (nSPS) is 18.6. The third kappa shape index (κ3) is 3.85. The van der Waals surface area contributed by atoms with E-state index in [9.17, 15) is 10.1 Å². The molecule has 140 valence electrons. The van der Waals surface area contributed by atoms with Crippen LogP contribution in [0.25, 0.3) is 0 Å². The highest BCUT2D eigenvalue weighted by molar-refractivity contribution is 7.16. The van der Waals surface area contributed by atoms with Gasteiger partial charge in [-0.2, -0.15) is 5.26 Å². The van der Waals surface area contributed by atoms with Crippen LogP contribution in [0.15, 0.2) is 24.3 Å². The lowest BCUT2D eigenvalue weighted by atomic mass is 9.96. The summed E-state index contributed by atoms with van der Waals surface area (Å²) < 4.78 is 11.5. The predicted octanol–water partition coefficient (Wildman–Crippen LogP) is 4.31. The first-order valence-corrected chi connectivity index (χ1v) is 10.3. The first-order valence-electron chi connectivity index (χ1n) is 9.45. The molecule has 1 aliphatic carbocycles. The number of hydrogen-bond donors (Lipinski definition) is 1. The third-order valence-corrected chi connectivity index (χ3v) is 6.30. The molecule has 1 aromatic heterocycles. The Labute approximate surface area is 162 Å². The van der Waals surface area contributed by atoms with E-state index in [0.717, 1.165) is 50.7 Å². The predicted molar refractivity (Wildman–Crippen MR) is 105 cm³/mol. The minimum Gasteiger partial charge on any atom is -0.490 e. The largest absolute Gasteiger partial charge is 0.490 e. The van der Waals surface area contributed by atoms with Crippen LogP contribution < -0.4 is 10.1 Å². The molecule has 1 N–H and O–H groups in total. The third-order valence-electron chi connectivity index (χ3n) is 5.09. The Morgan fingerprint density at radius 2 is 2.15 bits per heavy atom. The Kier molecular flexibility index (Phi) is 5.42. The second kappa shape index (κ2) is 8.12. The standard InChI is InChI=1S/C21H22N2O3S/c22-12-17-15-7-2-4-10-19(15)27-21(17)23-20(24)16-8-1-3-9-18(16)26-13-14-6-5-11-25-14/h1,3,8-9,14H,2,4-7,10-11,13H2,(H,23,24). The molecule has 1 aromatic carbocycles. The molecular formula is C21H22N2O3S. The number of thiophene rings is 1. The summed E-state index contributed by atoms with van der Waals surface area (Å²) in [5.74, 6) is 0.304. The van der Waals surface area contributed by atoms with E-state index < -0.39 is 0 Å². The molecule has 0 spiro atoms. The number of anilines is 1. The first-order chi connectivity index (χ1) is 13.3. The molecule has 0 saturated carbocycles. The van der Waals surface area contributed by atoms with Crippen LogP contribution in [0.4, 0.5) is 5.00 Å². The molecule has 1 fully saturated rings. The molecule has 1 unspecified atom stereocenters. The molecule has 0 bridgehead atoms. The Bertz CT molecular complexity index is 878. The van der Waals surface area contributed by atoms with Crippen LogP contribution in [0.1, 0.15) is 52.0 Å². The van der Waals surface area contributed by atoms with Gasteiger partial charge in [-0.25, -0.2) is 0 Å². The Balaban J connectivity index is 1.52. The molecule has 2 heterocycles. The number of nitrogens with one attached hydrogen (secondary N) is 1. The minimum absolute atomic E-state index is 0.0929. The van der Waals surface area contributed by atoms with Gasteiger partial charge in [-0.1, -0.05) is 12.1 Å². The van der Waals surface area contributed by atoms with E-state index in [1.54, 1.807) is 12.1 Å². The number of carbonyl (C=O) groups excluding carboxylic acids is 1. The van der Waals surface area contributed by atoms with Crippen molar-refractivity contribution in [3.8, 4) is 11.8 Å². The number of para-hydroxylation sites is 1. The average molecular weight is 382 g/mol. The molecule has 1 saturated heterocycles. The van der Waals surface area contributed by atoms with E-state index in [4.69, 9.17) is 9.47 Å². The molecule has 0 radical (unpaired) electrons. The van der Waals surface area contributed by atoms with Crippen molar-refractivity contribution in [3.63, 3.8) is 0 Å². The molecule has 2 aliphatic rings. The van der Waals surface area contributed by atoms with Crippen molar-refractivity contribution in [2.24, 2.45) is 0 Å². The average Bonchev–Trinajstić information content (AvgIpc) is 3.33. The molecule has 6 heteroatoms. The first kappa shape index (κ1) is 18.0. The van der Waals surface area contributed by atoms with Crippen LogP contribution in [-0.4, -0.2) is 25.2 Å². The number of amides is 1. The molecule has 1 amide bonds. The van der Waals surface area contributed by atoms with Crippen molar-refractivity contribution in [2.45, 2.75) is 44.6 Å². The van der Waals surface area contributed by atoms with Crippen molar-refractivity contribution in [1.29, 1.82) is 5.26 Å². The van der Waals surface area contributed by atoms with Crippen molar-refractivity contribution >= 4 is 22.2 Å². The number of hydrogen-bond acceptors (Lipinski definition) is 5. The second-order valence-electron chi connectivity index (χ2n) is 6.92. The zero-order chi connectivity index (χ0) is 18.6. The zero-order valence-corrected chi connectivity index (χ0v) is 15.9. The van der Waals surface area contributed by atoms with Gasteiger partial charge in [0, 0.05) is 11.5 Å². The number of aryl methyl sites for hydroxylation is 1. The number of nitriles is 1. The van der Waals surface area contributed by atoms with E-state index in [-0.39, 0.29) is 12.0 Å². The fourth-order valence-corrected chi connectivity index (χ4v) is 4.92. The molecular weight excluding hydrogens is 360 g/mol. The molecule has 2 aromatic rings. The smallest absolute Gasteiger partial charge is 0.260 e. The Morgan fingerprint density at radius 3 is 2.96 bits per heavy atom. The van der Waals surface area contributed by atoms with Gasteiger partial charge >= 0.3 is 0 Å². The van der Waals surface area contributed by atoms with Gasteiger partial charge < -0.3 is 14.8 Å². The van der Waals surface area contributed by atoms with Crippen LogP contribution in [0, 0.1) is 11.3 Å². The van der Waals surface area contributed by atoms with Crippen molar-refractivity contribution < 1.29 is 14.3 Å².